The summed E-state index contributed by atoms with van der Waals surface area (Å²) in [5.41, 5.74) is 4.26. The molecule has 3 aliphatic heterocycles. The summed E-state index contributed by atoms with van der Waals surface area (Å²) in [4.78, 5) is 12.4. The van der Waals surface area contributed by atoms with Gasteiger partial charge in [0.2, 0.25) is 0 Å². The largest absolute Gasteiger partial charge is 0.478 e. The molecule has 0 radical (unpaired) electrons. The van der Waals surface area contributed by atoms with Crippen molar-refractivity contribution in [3.63, 3.8) is 0 Å². The number of hydrogen-bond acceptors (Lipinski definition) is 4. The smallest absolute Gasteiger partial charge is 0.336 e. The quantitative estimate of drug-likeness (QED) is 0.655. The Kier molecular flexibility index (Phi) is 6.11. The highest BCUT2D eigenvalue weighted by atomic mass is 16.4. The summed E-state index contributed by atoms with van der Waals surface area (Å²) in [6.07, 6.45) is 6.49. The lowest BCUT2D eigenvalue weighted by Gasteiger charge is -2.32. The van der Waals surface area contributed by atoms with Crippen LogP contribution in [0.5, 0.6) is 0 Å². The maximum absolute atomic E-state index is 12.4. The van der Waals surface area contributed by atoms with Crippen LogP contribution < -0.4 is 16.0 Å². The number of piperidine rings is 3. The van der Waals surface area contributed by atoms with E-state index in [2.05, 4.69) is 28.1 Å². The fourth-order valence-corrected chi connectivity index (χ4v) is 5.26. The van der Waals surface area contributed by atoms with Gasteiger partial charge in [0.25, 0.3) is 0 Å². The fourth-order valence-electron chi connectivity index (χ4n) is 5.26. The van der Waals surface area contributed by atoms with E-state index in [0.29, 0.717) is 23.3 Å². The normalized spacial score (nSPS) is 23.4. The molecule has 0 aliphatic carbocycles. The molecule has 3 aliphatic rings. The van der Waals surface area contributed by atoms with Gasteiger partial charge in [0.15, 0.2) is 0 Å². The summed E-state index contributed by atoms with van der Waals surface area (Å²) in [5, 5.41) is 20.5. The van der Waals surface area contributed by atoms with E-state index in [1.807, 2.05) is 0 Å². The topological polar surface area (TPSA) is 73.4 Å². The molecule has 148 valence electrons. The molecule has 0 spiro atoms. The summed E-state index contributed by atoms with van der Waals surface area (Å²) in [6.45, 7) is 6.09. The van der Waals surface area contributed by atoms with Gasteiger partial charge in [-0.3, -0.25) is 0 Å². The molecular weight excluding hydrogens is 338 g/mol. The van der Waals surface area contributed by atoms with Crippen molar-refractivity contribution in [3.8, 4) is 0 Å². The van der Waals surface area contributed by atoms with Crippen LogP contribution in [0, 0.1) is 0 Å². The number of hydrogen-bond donors (Lipinski definition) is 4. The lowest BCUT2D eigenvalue weighted by molar-refractivity contribution is 0.0692. The van der Waals surface area contributed by atoms with E-state index in [4.69, 9.17) is 0 Å². The predicted octanol–water partition coefficient (Wildman–Crippen LogP) is 2.79. The third-order valence-corrected chi connectivity index (χ3v) is 6.80. The van der Waals surface area contributed by atoms with Gasteiger partial charge in [-0.15, -0.1) is 0 Å². The zero-order chi connectivity index (χ0) is 18.6. The Morgan fingerprint density at radius 3 is 1.44 bits per heavy atom. The molecule has 5 nitrogen and oxygen atoms in total. The van der Waals surface area contributed by atoms with E-state index in [9.17, 15) is 9.90 Å². The Balaban J connectivity index is 1.79. The van der Waals surface area contributed by atoms with Gasteiger partial charge in [0, 0.05) is 0 Å². The zero-order valence-corrected chi connectivity index (χ0v) is 16.2. The number of rotatable bonds is 4. The van der Waals surface area contributed by atoms with E-state index in [0.717, 1.165) is 88.9 Å². The lowest BCUT2D eigenvalue weighted by Crippen LogP contribution is -2.30. The number of carbonyl (C=O) groups is 1. The van der Waals surface area contributed by atoms with E-state index in [-0.39, 0.29) is 0 Å². The highest BCUT2D eigenvalue weighted by molar-refractivity contribution is 5.92. The van der Waals surface area contributed by atoms with Gasteiger partial charge in [-0.25, -0.2) is 4.79 Å². The summed E-state index contributed by atoms with van der Waals surface area (Å²) < 4.78 is 0. The molecular formula is C22H33N3O2. The first kappa shape index (κ1) is 18.9. The second kappa shape index (κ2) is 8.72. The number of carboxylic acids is 1. The predicted molar refractivity (Wildman–Crippen MR) is 108 cm³/mol. The lowest BCUT2D eigenvalue weighted by atomic mass is 9.76. The Bertz CT molecular complexity index is 619. The van der Waals surface area contributed by atoms with Crippen LogP contribution in [0.15, 0.2) is 12.1 Å². The van der Waals surface area contributed by atoms with Crippen LogP contribution in [0.25, 0.3) is 0 Å². The average molecular weight is 372 g/mol. The molecule has 0 bridgehead atoms. The molecule has 3 heterocycles. The Labute approximate surface area is 162 Å². The number of aromatic carboxylic acids is 1. The van der Waals surface area contributed by atoms with Crippen molar-refractivity contribution in [3.05, 3.63) is 34.4 Å². The Morgan fingerprint density at radius 1 is 0.704 bits per heavy atom. The van der Waals surface area contributed by atoms with Gasteiger partial charge in [-0.05, 0) is 112 Å². The molecule has 1 aromatic rings. The van der Waals surface area contributed by atoms with E-state index in [1.54, 1.807) is 0 Å². The maximum Gasteiger partial charge on any atom is 0.336 e. The van der Waals surface area contributed by atoms with E-state index >= 15 is 0 Å². The molecule has 1 aromatic carbocycles. The van der Waals surface area contributed by atoms with E-state index < -0.39 is 5.97 Å². The summed E-state index contributed by atoms with van der Waals surface area (Å²) in [6, 6.07) is 4.56. The minimum atomic E-state index is -0.728. The number of carboxylic acid groups (broad SMARTS) is 1. The SMILES string of the molecule is O=C(O)c1c(C2CCNCC2)cc(C2CCNCC2)cc1C1CCNCC1. The van der Waals surface area contributed by atoms with Crippen molar-refractivity contribution < 1.29 is 9.90 Å². The van der Waals surface area contributed by atoms with Crippen molar-refractivity contribution in [1.29, 1.82) is 0 Å². The van der Waals surface area contributed by atoms with Crippen molar-refractivity contribution >= 4 is 5.97 Å². The second-order valence-electron chi connectivity index (χ2n) is 8.45. The monoisotopic (exact) mass is 371 g/mol. The molecule has 0 aromatic heterocycles. The van der Waals surface area contributed by atoms with Crippen molar-refractivity contribution in [1.82, 2.24) is 16.0 Å². The maximum atomic E-state index is 12.4. The summed E-state index contributed by atoms with van der Waals surface area (Å²) in [7, 11) is 0. The van der Waals surface area contributed by atoms with Crippen LogP contribution in [0.3, 0.4) is 0 Å². The molecule has 5 heteroatoms. The average Bonchev–Trinajstić information content (AvgIpc) is 2.74. The van der Waals surface area contributed by atoms with Crippen LogP contribution >= 0.6 is 0 Å². The van der Waals surface area contributed by atoms with Gasteiger partial charge in [-0.1, -0.05) is 12.1 Å². The molecule has 27 heavy (non-hydrogen) atoms. The summed E-state index contributed by atoms with van der Waals surface area (Å²) in [5.74, 6) is 0.586. The van der Waals surface area contributed by atoms with Gasteiger partial charge in [0.1, 0.15) is 0 Å². The first-order valence-electron chi connectivity index (χ1n) is 10.8. The molecule has 0 saturated carbocycles. The van der Waals surface area contributed by atoms with E-state index in [1.165, 1.54) is 5.56 Å². The first-order valence-corrected chi connectivity index (χ1v) is 10.8. The first-order chi connectivity index (χ1) is 13.2. The third-order valence-electron chi connectivity index (χ3n) is 6.80. The van der Waals surface area contributed by atoms with Crippen LogP contribution in [0.4, 0.5) is 0 Å². The highest BCUT2D eigenvalue weighted by Crippen LogP contribution is 2.39. The van der Waals surface area contributed by atoms with Crippen molar-refractivity contribution in [2.75, 3.05) is 39.3 Å². The Morgan fingerprint density at radius 2 is 1.07 bits per heavy atom. The van der Waals surface area contributed by atoms with Gasteiger partial charge >= 0.3 is 5.97 Å². The minimum Gasteiger partial charge on any atom is -0.478 e. The Hall–Kier alpha value is -1.43. The second-order valence-corrected chi connectivity index (χ2v) is 8.45. The van der Waals surface area contributed by atoms with Crippen LogP contribution in [0.1, 0.15) is 83.3 Å². The number of benzene rings is 1. The molecule has 4 N–H and O–H groups in total. The molecule has 4 rings (SSSR count). The highest BCUT2D eigenvalue weighted by Gasteiger charge is 2.30. The molecule has 0 amide bonds. The van der Waals surface area contributed by atoms with Crippen LogP contribution in [-0.4, -0.2) is 50.3 Å². The summed E-state index contributed by atoms with van der Waals surface area (Å²) >= 11 is 0. The standard InChI is InChI=1S/C22H33N3O2/c26-22(27)21-19(16-3-9-24-10-4-16)13-18(15-1-7-23-8-2-15)14-20(21)17-5-11-25-12-6-17/h13-17,23-25H,1-12H2,(H,26,27). The van der Waals surface area contributed by atoms with Gasteiger partial charge in [0.05, 0.1) is 5.56 Å². The van der Waals surface area contributed by atoms with Crippen molar-refractivity contribution in [2.45, 2.75) is 56.3 Å². The molecule has 0 atom stereocenters. The van der Waals surface area contributed by atoms with Crippen molar-refractivity contribution in [2.24, 2.45) is 0 Å². The molecule has 0 unspecified atom stereocenters. The van der Waals surface area contributed by atoms with Crippen LogP contribution in [0.2, 0.25) is 0 Å². The fraction of sp³-hybridized carbons (Fsp3) is 0.682. The third kappa shape index (κ3) is 4.20. The van der Waals surface area contributed by atoms with Gasteiger partial charge in [-0.2, -0.15) is 0 Å². The van der Waals surface area contributed by atoms with Crippen LogP contribution in [-0.2, 0) is 0 Å². The van der Waals surface area contributed by atoms with Gasteiger partial charge < -0.3 is 21.1 Å². The minimum absolute atomic E-state index is 0.375. The zero-order valence-electron chi connectivity index (χ0n) is 16.2. The molecule has 3 fully saturated rings. The molecule has 3 saturated heterocycles. The number of nitrogens with one attached hydrogen (secondary N) is 3.